The Labute approximate surface area is 136 Å². The van der Waals surface area contributed by atoms with Crippen LogP contribution in [0.5, 0.6) is 0 Å². The van der Waals surface area contributed by atoms with Gasteiger partial charge in [0.2, 0.25) is 0 Å². The Morgan fingerprint density at radius 3 is 2.57 bits per heavy atom. The van der Waals surface area contributed by atoms with Crippen molar-refractivity contribution in [3.63, 3.8) is 0 Å². The molecule has 1 atom stereocenters. The van der Waals surface area contributed by atoms with Crippen molar-refractivity contribution >= 4 is 33.2 Å². The number of nitrogens with one attached hydrogen (secondary N) is 1. The second kappa shape index (κ2) is 6.28. The number of thiophene rings is 1. The fourth-order valence-corrected chi connectivity index (χ4v) is 3.41. The first-order chi connectivity index (χ1) is 9.79. The molecular formula is C16H17BrFNOS. The summed E-state index contributed by atoms with van der Waals surface area (Å²) in [7, 11) is 0. The van der Waals surface area contributed by atoms with Crippen molar-refractivity contribution in [2.24, 2.45) is 5.41 Å². The molecule has 1 aromatic heterocycles. The summed E-state index contributed by atoms with van der Waals surface area (Å²) in [4.78, 5) is 13.4. The van der Waals surface area contributed by atoms with Crippen LogP contribution in [0.4, 0.5) is 4.39 Å². The molecule has 0 saturated heterocycles. The second-order valence-electron chi connectivity index (χ2n) is 5.91. The zero-order valence-electron chi connectivity index (χ0n) is 12.1. The predicted molar refractivity (Wildman–Crippen MR) is 88.1 cm³/mol. The number of benzene rings is 1. The molecule has 0 bridgehead atoms. The quantitative estimate of drug-likeness (QED) is 0.794. The van der Waals surface area contributed by atoms with Gasteiger partial charge in [-0.3, -0.25) is 4.79 Å². The Kier molecular flexibility index (Phi) is 4.84. The van der Waals surface area contributed by atoms with E-state index in [1.807, 2.05) is 17.5 Å². The summed E-state index contributed by atoms with van der Waals surface area (Å²) in [5.41, 5.74) is -0.101. The van der Waals surface area contributed by atoms with Crippen LogP contribution in [-0.2, 0) is 0 Å². The first-order valence-electron chi connectivity index (χ1n) is 6.58. The molecule has 2 nitrogen and oxygen atoms in total. The maximum Gasteiger partial charge on any atom is 0.254 e. The van der Waals surface area contributed by atoms with Gasteiger partial charge in [-0.1, -0.05) is 42.8 Å². The second-order valence-corrected chi connectivity index (χ2v) is 7.81. The topological polar surface area (TPSA) is 29.1 Å². The minimum Gasteiger partial charge on any atom is -0.344 e. The van der Waals surface area contributed by atoms with E-state index in [1.54, 1.807) is 17.4 Å². The van der Waals surface area contributed by atoms with Crippen LogP contribution in [0.1, 0.15) is 42.0 Å². The highest BCUT2D eigenvalue weighted by molar-refractivity contribution is 9.10. The van der Waals surface area contributed by atoms with E-state index in [0.717, 1.165) is 4.88 Å². The third-order valence-corrected chi connectivity index (χ3v) is 4.58. The maximum atomic E-state index is 13.9. The third kappa shape index (κ3) is 3.92. The van der Waals surface area contributed by atoms with Gasteiger partial charge in [0.25, 0.3) is 5.91 Å². The molecular weight excluding hydrogens is 353 g/mol. The predicted octanol–water partition coefficient (Wildman–Crippen LogP) is 5.17. The van der Waals surface area contributed by atoms with Gasteiger partial charge in [0, 0.05) is 9.35 Å². The van der Waals surface area contributed by atoms with Crippen molar-refractivity contribution in [3.05, 3.63) is 56.4 Å². The molecule has 1 unspecified atom stereocenters. The molecule has 2 rings (SSSR count). The summed E-state index contributed by atoms with van der Waals surface area (Å²) in [5.74, 6) is -0.922. The maximum absolute atomic E-state index is 13.9. The van der Waals surface area contributed by atoms with Crippen LogP contribution < -0.4 is 5.32 Å². The fourth-order valence-electron chi connectivity index (χ4n) is 2.05. The lowest BCUT2D eigenvalue weighted by molar-refractivity contribution is 0.0899. The molecule has 1 N–H and O–H groups in total. The molecule has 0 fully saturated rings. The number of rotatable bonds is 3. The molecule has 1 amide bonds. The van der Waals surface area contributed by atoms with Gasteiger partial charge in [-0.15, -0.1) is 11.3 Å². The number of carbonyl (C=O) groups is 1. The summed E-state index contributed by atoms with van der Waals surface area (Å²) in [6, 6.07) is 8.22. The molecule has 0 spiro atoms. The highest BCUT2D eigenvalue weighted by atomic mass is 79.9. The fraction of sp³-hybridized carbons (Fsp3) is 0.312. The van der Waals surface area contributed by atoms with E-state index in [2.05, 4.69) is 42.0 Å². The first kappa shape index (κ1) is 16.2. The van der Waals surface area contributed by atoms with Gasteiger partial charge in [0.1, 0.15) is 5.82 Å². The van der Waals surface area contributed by atoms with E-state index in [-0.39, 0.29) is 17.0 Å². The van der Waals surface area contributed by atoms with Crippen LogP contribution in [-0.4, -0.2) is 5.91 Å². The van der Waals surface area contributed by atoms with Crippen molar-refractivity contribution in [3.8, 4) is 0 Å². The first-order valence-corrected chi connectivity index (χ1v) is 8.25. The normalized spacial score (nSPS) is 13.0. The Hall–Kier alpha value is -1.20. The number of hydrogen-bond acceptors (Lipinski definition) is 2. The molecule has 0 aliphatic carbocycles. The van der Waals surface area contributed by atoms with Gasteiger partial charge in [0.15, 0.2) is 0 Å². The average Bonchev–Trinajstić information content (AvgIpc) is 2.87. The third-order valence-electron chi connectivity index (χ3n) is 3.14. The number of halogens is 2. The monoisotopic (exact) mass is 369 g/mol. The molecule has 0 aliphatic heterocycles. The number of carbonyl (C=O) groups excluding carboxylic acids is 1. The highest BCUT2D eigenvalue weighted by Crippen LogP contribution is 2.35. The largest absolute Gasteiger partial charge is 0.344 e. The van der Waals surface area contributed by atoms with Crippen molar-refractivity contribution in [2.75, 3.05) is 0 Å². The van der Waals surface area contributed by atoms with E-state index in [0.29, 0.717) is 4.47 Å². The van der Waals surface area contributed by atoms with E-state index >= 15 is 0 Å². The summed E-state index contributed by atoms with van der Waals surface area (Å²) < 4.78 is 14.5. The lowest BCUT2D eigenvalue weighted by atomic mass is 9.85. The molecule has 5 heteroatoms. The zero-order valence-corrected chi connectivity index (χ0v) is 14.5. The van der Waals surface area contributed by atoms with Gasteiger partial charge >= 0.3 is 0 Å². The molecule has 21 heavy (non-hydrogen) atoms. The van der Waals surface area contributed by atoms with Crippen LogP contribution in [0.2, 0.25) is 0 Å². The average molecular weight is 370 g/mol. The van der Waals surface area contributed by atoms with Crippen LogP contribution in [0.15, 0.2) is 40.2 Å². The lowest BCUT2D eigenvalue weighted by Gasteiger charge is -2.30. The molecule has 112 valence electrons. The SMILES string of the molecule is CC(C)(C)C(NC(=O)c1ccc(Br)cc1F)c1cccs1. The number of hydrogen-bond donors (Lipinski definition) is 1. The molecule has 0 radical (unpaired) electrons. The summed E-state index contributed by atoms with van der Waals surface area (Å²) in [6.45, 7) is 6.15. The van der Waals surface area contributed by atoms with Crippen LogP contribution in [0.3, 0.4) is 0 Å². The smallest absolute Gasteiger partial charge is 0.254 e. The van der Waals surface area contributed by atoms with Crippen LogP contribution >= 0.6 is 27.3 Å². The highest BCUT2D eigenvalue weighted by Gasteiger charge is 2.29. The molecule has 0 saturated carbocycles. The van der Waals surface area contributed by atoms with Gasteiger partial charge < -0.3 is 5.32 Å². The molecule has 1 heterocycles. The Bertz CT molecular complexity index is 634. The van der Waals surface area contributed by atoms with E-state index in [9.17, 15) is 9.18 Å². The lowest BCUT2D eigenvalue weighted by Crippen LogP contribution is -2.36. The summed E-state index contributed by atoms with van der Waals surface area (Å²) >= 11 is 4.78. The van der Waals surface area contributed by atoms with Gasteiger partial charge in [0.05, 0.1) is 11.6 Å². The molecule has 2 aromatic rings. The molecule has 1 aromatic carbocycles. The summed E-state index contributed by atoms with van der Waals surface area (Å²) in [5, 5.41) is 4.92. The minimum atomic E-state index is -0.527. The van der Waals surface area contributed by atoms with Crippen molar-refractivity contribution in [1.82, 2.24) is 5.32 Å². The van der Waals surface area contributed by atoms with Crippen molar-refractivity contribution in [2.45, 2.75) is 26.8 Å². The van der Waals surface area contributed by atoms with E-state index < -0.39 is 11.7 Å². The van der Waals surface area contributed by atoms with Gasteiger partial charge in [-0.05, 0) is 35.1 Å². The van der Waals surface area contributed by atoms with Gasteiger partial charge in [-0.2, -0.15) is 0 Å². The van der Waals surface area contributed by atoms with Crippen molar-refractivity contribution < 1.29 is 9.18 Å². The Morgan fingerprint density at radius 1 is 1.33 bits per heavy atom. The minimum absolute atomic E-state index is 0.0593. The standard InChI is InChI=1S/C16H17BrFNOS/c1-16(2,3)14(13-5-4-8-21-13)19-15(20)11-7-6-10(17)9-12(11)18/h4-9,14H,1-3H3,(H,19,20). The zero-order chi connectivity index (χ0) is 15.6. The van der Waals surface area contributed by atoms with E-state index in [1.165, 1.54) is 12.1 Å². The molecule has 0 aliphatic rings. The number of amides is 1. The Morgan fingerprint density at radius 2 is 2.05 bits per heavy atom. The van der Waals surface area contributed by atoms with Crippen LogP contribution in [0, 0.1) is 11.2 Å². The van der Waals surface area contributed by atoms with Gasteiger partial charge in [-0.25, -0.2) is 4.39 Å². The van der Waals surface area contributed by atoms with E-state index in [4.69, 9.17) is 0 Å². The van der Waals surface area contributed by atoms with Crippen LogP contribution in [0.25, 0.3) is 0 Å². The summed E-state index contributed by atoms with van der Waals surface area (Å²) in [6.07, 6.45) is 0. The Balaban J connectivity index is 2.27. The van der Waals surface area contributed by atoms with Crippen molar-refractivity contribution in [1.29, 1.82) is 0 Å².